The van der Waals surface area contributed by atoms with Crippen LogP contribution in [-0.2, 0) is 26.9 Å². The predicted molar refractivity (Wildman–Crippen MR) is 155 cm³/mol. The van der Waals surface area contributed by atoms with Gasteiger partial charge in [-0.25, -0.2) is 19.3 Å². The Hall–Kier alpha value is -4.90. The van der Waals surface area contributed by atoms with E-state index in [0.29, 0.717) is 30.1 Å². The molecule has 3 aromatic rings. The Labute approximate surface area is 251 Å². The fourth-order valence-corrected chi connectivity index (χ4v) is 5.23. The molecule has 44 heavy (non-hydrogen) atoms. The minimum absolute atomic E-state index is 0.00921. The molecular formula is C30H33F3N6O5. The summed E-state index contributed by atoms with van der Waals surface area (Å²) in [6.45, 7) is 6.08. The minimum Gasteiger partial charge on any atom is -0.483 e. The Balaban J connectivity index is 0.00000169. The number of halogens is 3. The molecule has 0 saturated carbocycles. The average Bonchev–Trinajstić information content (AvgIpc) is 3.38. The zero-order valence-electron chi connectivity index (χ0n) is 24.6. The lowest BCUT2D eigenvalue weighted by molar-refractivity contribution is -0.138. The number of carboxylic acid groups (broad SMARTS) is 1. The first-order chi connectivity index (χ1) is 21.0. The number of esters is 1. The van der Waals surface area contributed by atoms with Gasteiger partial charge in [-0.15, -0.1) is 5.10 Å². The number of methoxy groups -OCH3 is 1. The molecule has 0 amide bonds. The lowest BCUT2D eigenvalue weighted by Gasteiger charge is -2.36. The maximum Gasteiger partial charge on any atom is 0.416 e. The highest BCUT2D eigenvalue weighted by atomic mass is 19.4. The van der Waals surface area contributed by atoms with E-state index in [9.17, 15) is 28.0 Å². The number of benzene rings is 2. The first kappa shape index (κ1) is 33.6. The second kappa shape index (κ2) is 14.5. The highest BCUT2D eigenvalue weighted by Crippen LogP contribution is 2.43. The molecule has 1 aliphatic rings. The molecule has 0 saturated heterocycles. The Kier molecular flexibility index (Phi) is 11.1. The normalized spacial score (nSPS) is 14.4. The van der Waals surface area contributed by atoms with Crippen molar-refractivity contribution in [1.82, 2.24) is 20.1 Å². The topological polar surface area (TPSA) is 153 Å². The number of allylic oxidation sites excluding steroid dienone is 1. The zero-order valence-corrected chi connectivity index (χ0v) is 24.6. The fraction of sp³-hybridized carbons (Fsp3) is 0.367. The fourth-order valence-electron chi connectivity index (χ4n) is 5.23. The molecule has 2 aromatic carbocycles. The molecule has 0 fully saturated rings. The molecule has 2 heterocycles. The molecule has 0 spiro atoms. The van der Waals surface area contributed by atoms with Crippen molar-refractivity contribution in [2.75, 3.05) is 18.6 Å². The second-order valence-electron chi connectivity index (χ2n) is 9.82. The maximum absolute atomic E-state index is 13.6. The average molecular weight is 615 g/mol. The van der Waals surface area contributed by atoms with E-state index in [2.05, 4.69) is 35.4 Å². The van der Waals surface area contributed by atoms with Gasteiger partial charge >= 0.3 is 17.8 Å². The number of carbonyl (C=O) groups is 2. The van der Waals surface area contributed by atoms with Gasteiger partial charge in [0.05, 0.1) is 29.9 Å². The number of nitrogens with one attached hydrogen (secondary N) is 2. The van der Waals surface area contributed by atoms with Gasteiger partial charge in [-0.2, -0.15) is 18.4 Å². The van der Waals surface area contributed by atoms with Gasteiger partial charge < -0.3 is 15.2 Å². The standard InChI is InChI=1S/C29H31F3N6O3.CH2O2/c1-5-21(6-2)34-13-12-19-14-18(16-33)10-11-23(19)25-24(26(39)41-4)17(3)37(27-35-36-28(40)38(25)27)22-9-7-8-20(15-22)29(30,31)32;2-1-3/h7-11,14-15,21,25,34H,5-6,12-13H2,1-4H3,(H,36,40);1H,(H,2,3). The molecule has 4 rings (SSSR count). The zero-order chi connectivity index (χ0) is 32.6. The minimum atomic E-state index is -4.61. The van der Waals surface area contributed by atoms with Gasteiger partial charge in [-0.1, -0.05) is 26.0 Å². The van der Waals surface area contributed by atoms with Crippen LogP contribution in [0.5, 0.6) is 0 Å². The lowest BCUT2D eigenvalue weighted by atomic mass is 9.89. The van der Waals surface area contributed by atoms with Crippen molar-refractivity contribution < 1.29 is 32.6 Å². The van der Waals surface area contributed by atoms with Crippen molar-refractivity contribution in [3.8, 4) is 6.07 Å². The van der Waals surface area contributed by atoms with Gasteiger partial charge in [0.25, 0.3) is 6.47 Å². The molecular weight excluding hydrogens is 581 g/mol. The number of ether oxygens (including phenoxy) is 1. The van der Waals surface area contributed by atoms with E-state index < -0.39 is 29.4 Å². The Morgan fingerprint density at radius 2 is 1.93 bits per heavy atom. The van der Waals surface area contributed by atoms with E-state index in [1.807, 2.05) is 0 Å². The number of carbonyl (C=O) groups excluding carboxylic acids is 1. The number of aromatic nitrogens is 3. The lowest BCUT2D eigenvalue weighted by Crippen LogP contribution is -2.38. The van der Waals surface area contributed by atoms with Crippen LogP contribution in [0.3, 0.4) is 0 Å². The van der Waals surface area contributed by atoms with E-state index in [4.69, 9.17) is 14.6 Å². The third-order valence-electron chi connectivity index (χ3n) is 7.36. The number of rotatable bonds is 9. The van der Waals surface area contributed by atoms with E-state index >= 15 is 0 Å². The van der Waals surface area contributed by atoms with E-state index in [0.717, 1.165) is 30.5 Å². The van der Waals surface area contributed by atoms with Gasteiger partial charge in [0.2, 0.25) is 5.95 Å². The van der Waals surface area contributed by atoms with E-state index in [-0.39, 0.29) is 29.4 Å². The highest BCUT2D eigenvalue weighted by molar-refractivity contribution is 5.93. The Morgan fingerprint density at radius 1 is 1.25 bits per heavy atom. The number of H-pyrrole nitrogens is 1. The third kappa shape index (κ3) is 7.00. The molecule has 1 unspecified atom stereocenters. The van der Waals surface area contributed by atoms with Crippen LogP contribution in [0.2, 0.25) is 0 Å². The van der Waals surface area contributed by atoms with Gasteiger partial charge in [0.15, 0.2) is 0 Å². The van der Waals surface area contributed by atoms with Gasteiger partial charge in [0.1, 0.15) is 6.04 Å². The van der Waals surface area contributed by atoms with Crippen molar-refractivity contribution in [3.63, 3.8) is 0 Å². The van der Waals surface area contributed by atoms with Gasteiger partial charge in [-0.3, -0.25) is 9.69 Å². The molecule has 234 valence electrons. The molecule has 1 atom stereocenters. The maximum atomic E-state index is 13.6. The molecule has 1 aromatic heterocycles. The second-order valence-corrected chi connectivity index (χ2v) is 9.82. The highest BCUT2D eigenvalue weighted by Gasteiger charge is 2.41. The summed E-state index contributed by atoms with van der Waals surface area (Å²) in [5.74, 6) is -0.747. The van der Waals surface area contributed by atoms with Crippen LogP contribution in [0.4, 0.5) is 24.8 Å². The van der Waals surface area contributed by atoms with Crippen molar-refractivity contribution in [2.24, 2.45) is 0 Å². The number of alkyl halides is 3. The summed E-state index contributed by atoms with van der Waals surface area (Å²) >= 11 is 0. The number of hydrogen-bond acceptors (Lipinski definition) is 8. The molecule has 0 radical (unpaired) electrons. The Morgan fingerprint density at radius 3 is 2.52 bits per heavy atom. The summed E-state index contributed by atoms with van der Waals surface area (Å²) in [4.78, 5) is 36.2. The SMILES string of the molecule is CCC(CC)NCCc1cc(C#N)ccc1C1C(C(=O)OC)=C(C)N(c2cccc(C(F)(F)F)c2)c2n[nH]c(=O)n21.O=CO. The quantitative estimate of drug-likeness (QED) is 0.230. The van der Waals surface area contributed by atoms with Crippen LogP contribution >= 0.6 is 0 Å². The van der Waals surface area contributed by atoms with Crippen molar-refractivity contribution in [3.05, 3.63) is 86.5 Å². The van der Waals surface area contributed by atoms with Crippen LogP contribution < -0.4 is 15.9 Å². The summed E-state index contributed by atoms with van der Waals surface area (Å²) in [5.41, 5.74) is 0.518. The first-order valence-electron chi connectivity index (χ1n) is 13.7. The number of nitrogens with zero attached hydrogens (tertiary/aromatic N) is 4. The molecule has 3 N–H and O–H groups in total. The Bertz CT molecular complexity index is 1620. The monoisotopic (exact) mass is 614 g/mol. The number of anilines is 2. The molecule has 0 bridgehead atoms. The summed E-state index contributed by atoms with van der Waals surface area (Å²) < 4.78 is 47.1. The molecule has 11 nitrogen and oxygen atoms in total. The number of hydrogen-bond donors (Lipinski definition) is 3. The van der Waals surface area contributed by atoms with Crippen LogP contribution in [0.15, 0.2) is 58.5 Å². The molecule has 0 aliphatic carbocycles. The summed E-state index contributed by atoms with van der Waals surface area (Å²) in [6, 6.07) is 11.0. The van der Waals surface area contributed by atoms with Crippen LogP contribution in [0.25, 0.3) is 0 Å². The van der Waals surface area contributed by atoms with Crippen molar-refractivity contribution >= 4 is 24.1 Å². The third-order valence-corrected chi connectivity index (χ3v) is 7.36. The van der Waals surface area contributed by atoms with Gasteiger partial charge in [-0.05, 0) is 74.2 Å². The van der Waals surface area contributed by atoms with E-state index in [1.54, 1.807) is 25.1 Å². The van der Waals surface area contributed by atoms with Crippen molar-refractivity contribution in [2.45, 2.75) is 58.3 Å². The van der Waals surface area contributed by atoms with Crippen LogP contribution in [0.1, 0.15) is 61.9 Å². The largest absolute Gasteiger partial charge is 0.483 e. The number of nitriles is 1. The predicted octanol–water partition coefficient (Wildman–Crippen LogP) is 4.67. The number of fused-ring (bicyclic) bond motifs is 1. The number of aromatic amines is 1. The molecule has 14 heteroatoms. The smallest absolute Gasteiger partial charge is 0.416 e. The molecule has 1 aliphatic heterocycles. The summed E-state index contributed by atoms with van der Waals surface area (Å²) in [6.07, 6.45) is -2.23. The van der Waals surface area contributed by atoms with Gasteiger partial charge in [0, 0.05) is 17.4 Å². The van der Waals surface area contributed by atoms with Crippen LogP contribution in [-0.4, -0.2) is 52.0 Å². The summed E-state index contributed by atoms with van der Waals surface area (Å²) in [5, 5.41) is 26.5. The van der Waals surface area contributed by atoms with Crippen LogP contribution in [0, 0.1) is 11.3 Å². The summed E-state index contributed by atoms with van der Waals surface area (Å²) in [7, 11) is 1.20. The van der Waals surface area contributed by atoms with E-state index in [1.165, 1.54) is 28.7 Å². The first-order valence-corrected chi connectivity index (χ1v) is 13.7. The van der Waals surface area contributed by atoms with Crippen molar-refractivity contribution in [1.29, 1.82) is 5.26 Å².